The van der Waals surface area contributed by atoms with Crippen molar-refractivity contribution in [3.8, 4) is 0 Å². The highest BCUT2D eigenvalue weighted by atomic mass is 16.5. The van der Waals surface area contributed by atoms with E-state index in [0.29, 0.717) is 12.1 Å². The molecule has 3 nitrogen and oxygen atoms in total. The molecule has 0 aliphatic heterocycles. The first kappa shape index (κ1) is 12.0. The summed E-state index contributed by atoms with van der Waals surface area (Å²) in [6.07, 6.45) is 2.66. The third kappa shape index (κ3) is 3.95. The van der Waals surface area contributed by atoms with Gasteiger partial charge in [-0.05, 0) is 32.6 Å². The molecule has 14 heavy (non-hydrogen) atoms. The maximum absolute atomic E-state index is 6.11. The minimum Gasteiger partial charge on any atom is -0.383 e. The van der Waals surface area contributed by atoms with Crippen molar-refractivity contribution < 1.29 is 4.74 Å². The Balaban J connectivity index is 2.25. The molecule has 1 atom stereocenters. The highest BCUT2D eigenvalue weighted by molar-refractivity contribution is 4.86. The van der Waals surface area contributed by atoms with E-state index in [1.165, 1.54) is 12.8 Å². The molecule has 0 aromatic rings. The van der Waals surface area contributed by atoms with Gasteiger partial charge in [-0.3, -0.25) is 4.90 Å². The molecule has 0 bridgehead atoms. The van der Waals surface area contributed by atoms with E-state index in [2.05, 4.69) is 18.7 Å². The third-order valence-corrected chi connectivity index (χ3v) is 2.99. The number of rotatable bonds is 7. The lowest BCUT2D eigenvalue weighted by molar-refractivity contribution is 0.123. The highest BCUT2D eigenvalue weighted by Gasteiger charge is 2.29. The van der Waals surface area contributed by atoms with Crippen molar-refractivity contribution in [2.45, 2.75) is 38.8 Å². The van der Waals surface area contributed by atoms with Crippen LogP contribution in [0.5, 0.6) is 0 Å². The van der Waals surface area contributed by atoms with Crippen molar-refractivity contribution in [1.29, 1.82) is 0 Å². The van der Waals surface area contributed by atoms with Gasteiger partial charge in [-0.15, -0.1) is 0 Å². The van der Waals surface area contributed by atoms with Crippen molar-refractivity contribution in [2.24, 2.45) is 11.7 Å². The molecular weight excluding hydrogens is 176 g/mol. The molecule has 2 N–H and O–H groups in total. The maximum atomic E-state index is 6.11. The molecule has 1 aliphatic carbocycles. The summed E-state index contributed by atoms with van der Waals surface area (Å²) in [5.41, 5.74) is 6.11. The van der Waals surface area contributed by atoms with Gasteiger partial charge in [-0.1, -0.05) is 0 Å². The summed E-state index contributed by atoms with van der Waals surface area (Å²) < 4.78 is 5.10. The Labute approximate surface area is 87.6 Å². The zero-order chi connectivity index (χ0) is 10.6. The lowest BCUT2D eigenvalue weighted by atomic mass is 10.1. The van der Waals surface area contributed by atoms with Crippen molar-refractivity contribution in [1.82, 2.24) is 4.90 Å². The molecule has 3 heteroatoms. The van der Waals surface area contributed by atoms with Crippen LogP contribution in [-0.2, 0) is 4.74 Å². The van der Waals surface area contributed by atoms with Gasteiger partial charge in [0.15, 0.2) is 0 Å². The van der Waals surface area contributed by atoms with Crippen LogP contribution in [0.3, 0.4) is 0 Å². The van der Waals surface area contributed by atoms with E-state index in [0.717, 1.165) is 25.6 Å². The zero-order valence-electron chi connectivity index (χ0n) is 9.70. The maximum Gasteiger partial charge on any atom is 0.0589 e. The average molecular weight is 200 g/mol. The normalized spacial score (nSPS) is 19.3. The van der Waals surface area contributed by atoms with Crippen LogP contribution in [0.1, 0.15) is 26.7 Å². The molecule has 0 heterocycles. The van der Waals surface area contributed by atoms with Crippen LogP contribution in [0, 0.1) is 5.92 Å². The number of ether oxygens (including phenoxy) is 1. The monoisotopic (exact) mass is 200 g/mol. The van der Waals surface area contributed by atoms with Crippen LogP contribution in [0.25, 0.3) is 0 Å². The van der Waals surface area contributed by atoms with E-state index in [4.69, 9.17) is 10.5 Å². The summed E-state index contributed by atoms with van der Waals surface area (Å²) in [5, 5.41) is 0. The lowest BCUT2D eigenvalue weighted by Gasteiger charge is -2.28. The second-order valence-corrected chi connectivity index (χ2v) is 4.58. The molecule has 1 unspecified atom stereocenters. The number of nitrogens with two attached hydrogens (primary N) is 1. The summed E-state index contributed by atoms with van der Waals surface area (Å²) in [7, 11) is 1.75. The van der Waals surface area contributed by atoms with Crippen LogP contribution in [0.4, 0.5) is 0 Å². The summed E-state index contributed by atoms with van der Waals surface area (Å²) in [5.74, 6) is 0.791. The van der Waals surface area contributed by atoms with Gasteiger partial charge in [-0.2, -0.15) is 0 Å². The van der Waals surface area contributed by atoms with Crippen molar-refractivity contribution in [3.05, 3.63) is 0 Å². The minimum absolute atomic E-state index is 0.370. The van der Waals surface area contributed by atoms with Crippen LogP contribution >= 0.6 is 0 Å². The number of methoxy groups -OCH3 is 1. The van der Waals surface area contributed by atoms with E-state index in [1.54, 1.807) is 7.11 Å². The van der Waals surface area contributed by atoms with Crippen molar-refractivity contribution in [2.75, 3.05) is 26.8 Å². The summed E-state index contributed by atoms with van der Waals surface area (Å²) in [6, 6.07) is 0.934. The number of hydrogen-bond acceptors (Lipinski definition) is 3. The van der Waals surface area contributed by atoms with Crippen molar-refractivity contribution >= 4 is 0 Å². The average Bonchev–Trinajstić information content (AvgIpc) is 2.94. The molecule has 1 fully saturated rings. The fourth-order valence-electron chi connectivity index (χ4n) is 1.71. The lowest BCUT2D eigenvalue weighted by Crippen LogP contribution is -2.43. The molecule has 0 aromatic heterocycles. The Morgan fingerprint density at radius 2 is 2.07 bits per heavy atom. The summed E-state index contributed by atoms with van der Waals surface area (Å²) in [4.78, 5) is 2.41. The third-order valence-electron chi connectivity index (χ3n) is 2.99. The van der Waals surface area contributed by atoms with Gasteiger partial charge >= 0.3 is 0 Å². The Morgan fingerprint density at radius 3 is 2.50 bits per heavy atom. The molecule has 0 aromatic carbocycles. The van der Waals surface area contributed by atoms with Gasteiger partial charge < -0.3 is 10.5 Å². The molecular formula is C11H24N2O. The zero-order valence-corrected chi connectivity index (χ0v) is 9.70. The van der Waals surface area contributed by atoms with Gasteiger partial charge in [-0.25, -0.2) is 0 Å². The minimum atomic E-state index is 0.370. The first-order valence-corrected chi connectivity index (χ1v) is 5.63. The van der Waals surface area contributed by atoms with E-state index >= 15 is 0 Å². The van der Waals surface area contributed by atoms with E-state index in [1.807, 2.05) is 0 Å². The predicted molar refractivity (Wildman–Crippen MR) is 59.3 cm³/mol. The van der Waals surface area contributed by atoms with Gasteiger partial charge in [0, 0.05) is 32.3 Å². The Kier molecular flexibility index (Phi) is 4.85. The fourth-order valence-corrected chi connectivity index (χ4v) is 1.71. The first-order chi connectivity index (χ1) is 6.65. The molecule has 1 aliphatic rings. The van der Waals surface area contributed by atoms with Crippen molar-refractivity contribution in [3.63, 3.8) is 0 Å². The molecule has 0 spiro atoms. The van der Waals surface area contributed by atoms with Gasteiger partial charge in [0.1, 0.15) is 0 Å². The van der Waals surface area contributed by atoms with Crippen LogP contribution < -0.4 is 5.73 Å². The van der Waals surface area contributed by atoms with Crippen LogP contribution in [0.2, 0.25) is 0 Å². The topological polar surface area (TPSA) is 38.5 Å². The first-order valence-electron chi connectivity index (χ1n) is 5.63. The standard InChI is InChI=1S/C11H24N2O/c1-9(2)13(6-7-14-3)8-11(12)10-4-5-10/h9-11H,4-8,12H2,1-3H3. The van der Waals surface area contributed by atoms with Gasteiger partial charge in [0.05, 0.1) is 6.61 Å². The SMILES string of the molecule is COCCN(CC(N)C1CC1)C(C)C. The van der Waals surface area contributed by atoms with E-state index in [-0.39, 0.29) is 0 Å². The van der Waals surface area contributed by atoms with Gasteiger partial charge in [0.25, 0.3) is 0 Å². The fraction of sp³-hybridized carbons (Fsp3) is 1.00. The highest BCUT2D eigenvalue weighted by Crippen LogP contribution is 2.31. The molecule has 1 rings (SSSR count). The Hall–Kier alpha value is -0.120. The molecule has 84 valence electrons. The van der Waals surface area contributed by atoms with Crippen LogP contribution in [0.15, 0.2) is 0 Å². The number of hydrogen-bond donors (Lipinski definition) is 1. The number of nitrogens with zero attached hydrogens (tertiary/aromatic N) is 1. The second-order valence-electron chi connectivity index (χ2n) is 4.58. The predicted octanol–water partition coefficient (Wildman–Crippen LogP) is 1.08. The summed E-state index contributed by atoms with van der Waals surface area (Å²) >= 11 is 0. The van der Waals surface area contributed by atoms with Gasteiger partial charge in [0.2, 0.25) is 0 Å². The largest absolute Gasteiger partial charge is 0.383 e. The molecule has 0 saturated heterocycles. The smallest absolute Gasteiger partial charge is 0.0589 e. The van der Waals surface area contributed by atoms with Crippen LogP contribution in [-0.4, -0.2) is 43.8 Å². The van der Waals surface area contributed by atoms with E-state index < -0.39 is 0 Å². The molecule has 0 radical (unpaired) electrons. The molecule has 0 amide bonds. The quantitative estimate of drug-likeness (QED) is 0.668. The summed E-state index contributed by atoms with van der Waals surface area (Å²) in [6.45, 7) is 7.25. The Bertz CT molecular complexity index is 157. The second kappa shape index (κ2) is 5.69. The Morgan fingerprint density at radius 1 is 1.43 bits per heavy atom. The molecule has 1 saturated carbocycles. The van der Waals surface area contributed by atoms with E-state index in [9.17, 15) is 0 Å².